The number of aliphatic hydroxyl groups is 1. The van der Waals surface area contributed by atoms with Crippen LogP contribution in [0.25, 0.3) is 0 Å². The van der Waals surface area contributed by atoms with Gasteiger partial charge in [0.15, 0.2) is 0 Å². The number of hydrogen-bond donors (Lipinski definition) is 2. The number of ether oxygens (including phenoxy) is 2. The van der Waals surface area contributed by atoms with E-state index in [1.165, 1.54) is 12.4 Å². The largest absolute Gasteiger partial charge is 0.494 e. The monoisotopic (exact) mass is 378 g/mol. The SMILES string of the molecule is COc1cc(OCCN2CCC(O)CC2)ccc1Nc1ncc(Cl)cn1. The van der Waals surface area contributed by atoms with Gasteiger partial charge < -0.3 is 19.9 Å². The maximum absolute atomic E-state index is 9.54. The molecule has 26 heavy (non-hydrogen) atoms. The van der Waals surface area contributed by atoms with Crippen molar-refractivity contribution in [1.29, 1.82) is 0 Å². The number of benzene rings is 1. The van der Waals surface area contributed by atoms with Gasteiger partial charge in [0.1, 0.15) is 18.1 Å². The van der Waals surface area contributed by atoms with Crippen LogP contribution in [0.4, 0.5) is 11.6 Å². The normalized spacial score (nSPS) is 15.7. The quantitative estimate of drug-likeness (QED) is 0.766. The number of anilines is 2. The van der Waals surface area contributed by atoms with Crippen LogP contribution in [-0.4, -0.2) is 59.4 Å². The van der Waals surface area contributed by atoms with Crippen molar-refractivity contribution in [3.63, 3.8) is 0 Å². The molecule has 0 unspecified atom stereocenters. The summed E-state index contributed by atoms with van der Waals surface area (Å²) in [5.74, 6) is 1.82. The molecule has 3 rings (SSSR count). The molecular weight excluding hydrogens is 356 g/mol. The first kappa shape index (κ1) is 18.7. The highest BCUT2D eigenvalue weighted by Crippen LogP contribution is 2.30. The zero-order valence-corrected chi connectivity index (χ0v) is 15.4. The number of aromatic nitrogens is 2. The number of aliphatic hydroxyl groups excluding tert-OH is 1. The van der Waals surface area contributed by atoms with Crippen LogP contribution in [0.1, 0.15) is 12.8 Å². The zero-order chi connectivity index (χ0) is 18.4. The smallest absolute Gasteiger partial charge is 0.227 e. The molecule has 7 nitrogen and oxygen atoms in total. The molecule has 1 saturated heterocycles. The molecule has 1 aliphatic heterocycles. The van der Waals surface area contributed by atoms with Crippen molar-refractivity contribution < 1.29 is 14.6 Å². The van der Waals surface area contributed by atoms with Gasteiger partial charge in [-0.25, -0.2) is 9.97 Å². The summed E-state index contributed by atoms with van der Waals surface area (Å²) in [5, 5.41) is 13.1. The maximum Gasteiger partial charge on any atom is 0.227 e. The number of piperidine rings is 1. The van der Waals surface area contributed by atoms with E-state index in [1.54, 1.807) is 7.11 Å². The first-order valence-corrected chi connectivity index (χ1v) is 8.97. The fourth-order valence-corrected chi connectivity index (χ4v) is 2.90. The number of nitrogens with zero attached hydrogens (tertiary/aromatic N) is 3. The van der Waals surface area contributed by atoms with Gasteiger partial charge >= 0.3 is 0 Å². The Kier molecular flexibility index (Phi) is 6.49. The van der Waals surface area contributed by atoms with Crippen molar-refractivity contribution in [3.05, 3.63) is 35.6 Å². The van der Waals surface area contributed by atoms with Gasteiger partial charge in [-0.3, -0.25) is 4.90 Å². The Labute approximate surface area is 157 Å². The van der Waals surface area contributed by atoms with Gasteiger partial charge in [0.25, 0.3) is 0 Å². The highest BCUT2D eigenvalue weighted by atomic mass is 35.5. The minimum absolute atomic E-state index is 0.152. The summed E-state index contributed by atoms with van der Waals surface area (Å²) < 4.78 is 11.3. The molecule has 0 saturated carbocycles. The molecule has 140 valence electrons. The van der Waals surface area contributed by atoms with E-state index in [2.05, 4.69) is 20.2 Å². The number of hydrogen-bond acceptors (Lipinski definition) is 7. The molecule has 0 spiro atoms. The maximum atomic E-state index is 9.54. The molecule has 2 N–H and O–H groups in total. The van der Waals surface area contributed by atoms with Gasteiger partial charge in [-0.05, 0) is 25.0 Å². The van der Waals surface area contributed by atoms with Gasteiger partial charge in [0.2, 0.25) is 5.95 Å². The fourth-order valence-electron chi connectivity index (χ4n) is 2.80. The summed E-state index contributed by atoms with van der Waals surface area (Å²) in [5.41, 5.74) is 0.743. The van der Waals surface area contributed by atoms with E-state index in [1.807, 2.05) is 18.2 Å². The van der Waals surface area contributed by atoms with E-state index in [9.17, 15) is 5.11 Å². The number of likely N-dealkylation sites (tertiary alicyclic amines) is 1. The van der Waals surface area contributed by atoms with Crippen molar-refractivity contribution in [2.24, 2.45) is 0 Å². The molecule has 1 aliphatic rings. The van der Waals surface area contributed by atoms with Crippen molar-refractivity contribution >= 4 is 23.2 Å². The lowest BCUT2D eigenvalue weighted by Crippen LogP contribution is -2.38. The van der Waals surface area contributed by atoms with Crippen LogP contribution in [0.5, 0.6) is 11.5 Å². The summed E-state index contributed by atoms with van der Waals surface area (Å²) in [7, 11) is 1.60. The molecule has 8 heteroatoms. The minimum Gasteiger partial charge on any atom is -0.494 e. The Hall–Kier alpha value is -2.09. The zero-order valence-electron chi connectivity index (χ0n) is 14.7. The average molecular weight is 379 g/mol. The second-order valence-corrected chi connectivity index (χ2v) is 6.57. The third-order valence-electron chi connectivity index (χ3n) is 4.27. The molecule has 0 radical (unpaired) electrons. The number of nitrogens with one attached hydrogen (secondary N) is 1. The van der Waals surface area contributed by atoms with Crippen LogP contribution in [0.15, 0.2) is 30.6 Å². The van der Waals surface area contributed by atoms with E-state index in [4.69, 9.17) is 21.1 Å². The van der Waals surface area contributed by atoms with Crippen molar-refractivity contribution in [2.45, 2.75) is 18.9 Å². The van der Waals surface area contributed by atoms with Crippen LogP contribution in [0.3, 0.4) is 0 Å². The van der Waals surface area contributed by atoms with Gasteiger partial charge in [-0.2, -0.15) is 0 Å². The molecule has 0 atom stereocenters. The van der Waals surface area contributed by atoms with E-state index in [0.717, 1.165) is 43.9 Å². The molecule has 1 fully saturated rings. The second kappa shape index (κ2) is 9.02. The van der Waals surface area contributed by atoms with E-state index >= 15 is 0 Å². The van der Waals surface area contributed by atoms with Crippen molar-refractivity contribution in [1.82, 2.24) is 14.9 Å². The summed E-state index contributed by atoms with van der Waals surface area (Å²) >= 11 is 5.80. The average Bonchev–Trinajstić information content (AvgIpc) is 2.66. The lowest BCUT2D eigenvalue weighted by atomic mass is 10.1. The topological polar surface area (TPSA) is 79.7 Å². The molecule has 0 amide bonds. The number of methoxy groups -OCH3 is 1. The minimum atomic E-state index is -0.152. The molecule has 1 aromatic carbocycles. The number of rotatable bonds is 7. The Bertz CT molecular complexity index is 706. The van der Waals surface area contributed by atoms with Crippen LogP contribution in [0, 0.1) is 0 Å². The summed E-state index contributed by atoms with van der Waals surface area (Å²) in [6.45, 7) is 3.26. The van der Waals surface area contributed by atoms with Crippen LogP contribution >= 0.6 is 11.6 Å². The first-order valence-electron chi connectivity index (χ1n) is 8.60. The lowest BCUT2D eigenvalue weighted by Gasteiger charge is -2.29. The highest BCUT2D eigenvalue weighted by molar-refractivity contribution is 6.30. The predicted octanol–water partition coefficient (Wildman–Crippen LogP) is 2.72. The first-order chi connectivity index (χ1) is 12.6. The molecule has 0 aliphatic carbocycles. The highest BCUT2D eigenvalue weighted by Gasteiger charge is 2.16. The van der Waals surface area contributed by atoms with Gasteiger partial charge in [-0.15, -0.1) is 0 Å². The Morgan fingerprint density at radius 2 is 2.00 bits per heavy atom. The molecule has 2 aromatic rings. The van der Waals surface area contributed by atoms with E-state index in [-0.39, 0.29) is 6.10 Å². The Morgan fingerprint density at radius 1 is 1.27 bits per heavy atom. The molecule has 2 heterocycles. The summed E-state index contributed by atoms with van der Waals surface area (Å²) in [6.07, 6.45) is 4.57. The Balaban J connectivity index is 1.55. The summed E-state index contributed by atoms with van der Waals surface area (Å²) in [6, 6.07) is 5.57. The summed E-state index contributed by atoms with van der Waals surface area (Å²) in [4.78, 5) is 10.5. The standard InChI is InChI=1S/C18H23ClN4O3/c1-25-17-10-15(26-9-8-23-6-4-14(24)5-7-23)2-3-16(17)22-18-20-11-13(19)12-21-18/h2-3,10-12,14,24H,4-9H2,1H3,(H,20,21,22). The second-order valence-electron chi connectivity index (χ2n) is 6.13. The van der Waals surface area contributed by atoms with Crippen molar-refractivity contribution in [3.8, 4) is 11.5 Å². The Morgan fingerprint density at radius 3 is 2.69 bits per heavy atom. The van der Waals surface area contributed by atoms with Gasteiger partial charge in [-0.1, -0.05) is 11.6 Å². The van der Waals surface area contributed by atoms with Crippen LogP contribution in [0.2, 0.25) is 5.02 Å². The lowest BCUT2D eigenvalue weighted by molar-refractivity contribution is 0.0755. The van der Waals surface area contributed by atoms with Crippen LogP contribution < -0.4 is 14.8 Å². The third kappa shape index (κ3) is 5.20. The van der Waals surface area contributed by atoms with Gasteiger partial charge in [0.05, 0.1) is 36.3 Å². The van der Waals surface area contributed by atoms with E-state index < -0.39 is 0 Å². The third-order valence-corrected chi connectivity index (χ3v) is 4.47. The van der Waals surface area contributed by atoms with Gasteiger partial charge in [0, 0.05) is 25.7 Å². The molecule has 1 aromatic heterocycles. The molecule has 0 bridgehead atoms. The fraction of sp³-hybridized carbons (Fsp3) is 0.444. The molecular formula is C18H23ClN4O3. The van der Waals surface area contributed by atoms with Crippen molar-refractivity contribution in [2.75, 3.05) is 38.7 Å². The predicted molar refractivity (Wildman–Crippen MR) is 100 cm³/mol. The van der Waals surface area contributed by atoms with Crippen LogP contribution in [-0.2, 0) is 0 Å². The number of halogens is 1. The van der Waals surface area contributed by atoms with E-state index in [0.29, 0.717) is 23.3 Å².